The van der Waals surface area contributed by atoms with Gasteiger partial charge in [0, 0.05) is 25.5 Å². The Labute approximate surface area is 171 Å². The molecule has 0 aliphatic carbocycles. The first kappa shape index (κ1) is 20.5. The van der Waals surface area contributed by atoms with E-state index in [0.717, 1.165) is 5.56 Å². The summed E-state index contributed by atoms with van der Waals surface area (Å²) in [7, 11) is 1.84. The highest BCUT2D eigenvalue weighted by Gasteiger charge is 2.20. The van der Waals surface area contributed by atoms with Gasteiger partial charge in [-0.3, -0.25) is 4.79 Å². The topological polar surface area (TPSA) is 46.9 Å². The van der Waals surface area contributed by atoms with Crippen molar-refractivity contribution < 1.29 is 9.18 Å². The molecule has 29 heavy (non-hydrogen) atoms. The van der Waals surface area contributed by atoms with Crippen molar-refractivity contribution in [1.82, 2.24) is 14.9 Å². The number of rotatable bonds is 5. The smallest absolute Gasteiger partial charge is 0.244 e. The minimum Gasteiger partial charge on any atom is -0.339 e. The quantitative estimate of drug-likeness (QED) is 0.637. The summed E-state index contributed by atoms with van der Waals surface area (Å²) >= 11 is 0. The lowest BCUT2D eigenvalue weighted by atomic mass is 9.87. The van der Waals surface area contributed by atoms with E-state index in [1.165, 1.54) is 23.8 Å². The number of carbonyl (C=O) groups is 1. The van der Waals surface area contributed by atoms with Crippen molar-refractivity contribution in [2.45, 2.75) is 32.2 Å². The highest BCUT2D eigenvalue weighted by molar-refractivity contribution is 5.92. The average Bonchev–Trinajstić information content (AvgIpc) is 3.09. The van der Waals surface area contributed by atoms with Gasteiger partial charge in [0.2, 0.25) is 5.91 Å². The average molecular weight is 391 g/mol. The Hall–Kier alpha value is -3.21. The summed E-state index contributed by atoms with van der Waals surface area (Å²) in [6.07, 6.45) is 6.70. The van der Waals surface area contributed by atoms with E-state index in [1.54, 1.807) is 30.6 Å². The van der Waals surface area contributed by atoms with Crippen molar-refractivity contribution in [1.29, 1.82) is 0 Å². The molecule has 0 aliphatic heterocycles. The fourth-order valence-corrected chi connectivity index (χ4v) is 3.09. The molecule has 150 valence electrons. The van der Waals surface area contributed by atoms with Crippen LogP contribution >= 0.6 is 0 Å². The van der Waals surface area contributed by atoms with Crippen LogP contribution in [0.5, 0.6) is 0 Å². The van der Waals surface area contributed by atoms with Gasteiger partial charge in [-0.15, -0.1) is 0 Å². The van der Waals surface area contributed by atoms with Crippen LogP contribution in [0.15, 0.2) is 67.0 Å². The highest BCUT2D eigenvalue weighted by Crippen LogP contribution is 2.23. The monoisotopic (exact) mass is 391 g/mol. The standard InChI is InChI=1S/C24H26FN3O/c1-24(2,3)19-11-8-17(9-12-19)10-13-21(29)27-22(23-26-14-15-28(23)4)18-6-5-7-20(25)16-18/h5-16,22H,1-4H3,(H,27,29)/b13-10+. The molecule has 1 amide bonds. The van der Waals surface area contributed by atoms with E-state index in [4.69, 9.17) is 0 Å². The maximum Gasteiger partial charge on any atom is 0.244 e. The predicted molar refractivity (Wildman–Crippen MR) is 114 cm³/mol. The van der Waals surface area contributed by atoms with Crippen LogP contribution in [-0.2, 0) is 17.3 Å². The largest absolute Gasteiger partial charge is 0.339 e. The minimum absolute atomic E-state index is 0.0832. The molecule has 0 radical (unpaired) electrons. The Morgan fingerprint density at radius 1 is 1.17 bits per heavy atom. The molecule has 1 N–H and O–H groups in total. The number of aromatic nitrogens is 2. The minimum atomic E-state index is -0.550. The number of benzene rings is 2. The highest BCUT2D eigenvalue weighted by atomic mass is 19.1. The van der Waals surface area contributed by atoms with E-state index >= 15 is 0 Å². The van der Waals surface area contributed by atoms with Crippen LogP contribution in [0.25, 0.3) is 6.08 Å². The lowest BCUT2D eigenvalue weighted by Crippen LogP contribution is -2.29. The Bertz CT molecular complexity index is 1010. The molecule has 1 heterocycles. The Balaban J connectivity index is 1.78. The third kappa shape index (κ3) is 5.19. The third-order valence-electron chi connectivity index (χ3n) is 4.79. The number of halogens is 1. The lowest BCUT2D eigenvalue weighted by Gasteiger charge is -2.19. The first-order valence-corrected chi connectivity index (χ1v) is 9.56. The van der Waals surface area contributed by atoms with Gasteiger partial charge in [-0.05, 0) is 40.3 Å². The molecule has 0 spiro atoms. The zero-order valence-corrected chi connectivity index (χ0v) is 17.2. The molecule has 3 rings (SSSR count). The van der Waals surface area contributed by atoms with Crippen LogP contribution in [0.4, 0.5) is 4.39 Å². The van der Waals surface area contributed by atoms with Gasteiger partial charge >= 0.3 is 0 Å². The molecule has 0 aliphatic rings. The fraction of sp³-hybridized carbons (Fsp3) is 0.250. The SMILES string of the molecule is Cn1ccnc1C(NC(=O)/C=C/c1ccc(C(C)(C)C)cc1)c1cccc(F)c1. The molecule has 0 fully saturated rings. The van der Waals surface area contributed by atoms with E-state index in [9.17, 15) is 9.18 Å². The number of hydrogen-bond donors (Lipinski definition) is 1. The molecule has 3 aromatic rings. The molecule has 1 aromatic heterocycles. The summed E-state index contributed by atoms with van der Waals surface area (Å²) in [5.41, 5.74) is 2.89. The lowest BCUT2D eigenvalue weighted by molar-refractivity contribution is -0.117. The number of hydrogen-bond acceptors (Lipinski definition) is 2. The van der Waals surface area contributed by atoms with E-state index in [-0.39, 0.29) is 17.1 Å². The van der Waals surface area contributed by atoms with Gasteiger partial charge in [-0.2, -0.15) is 0 Å². The molecule has 4 nitrogen and oxygen atoms in total. The molecule has 2 aromatic carbocycles. The second-order valence-corrected chi connectivity index (χ2v) is 8.10. The Morgan fingerprint density at radius 2 is 1.90 bits per heavy atom. The van der Waals surface area contributed by atoms with Gasteiger partial charge in [0.1, 0.15) is 17.7 Å². The van der Waals surface area contributed by atoms with Crippen LogP contribution in [0.3, 0.4) is 0 Å². The number of nitrogens with one attached hydrogen (secondary N) is 1. The van der Waals surface area contributed by atoms with Gasteiger partial charge in [-0.1, -0.05) is 57.2 Å². The van der Waals surface area contributed by atoms with E-state index in [2.05, 4.69) is 43.2 Å². The summed E-state index contributed by atoms with van der Waals surface area (Å²) in [5.74, 6) is -0.000484. The third-order valence-corrected chi connectivity index (χ3v) is 4.79. The summed E-state index contributed by atoms with van der Waals surface area (Å²) < 4.78 is 15.5. The summed E-state index contributed by atoms with van der Waals surface area (Å²) in [4.78, 5) is 16.9. The molecule has 1 atom stereocenters. The van der Waals surface area contributed by atoms with Gasteiger partial charge in [0.25, 0.3) is 0 Å². The van der Waals surface area contributed by atoms with Crippen LogP contribution in [0.1, 0.15) is 49.3 Å². The second-order valence-electron chi connectivity index (χ2n) is 8.10. The molecular formula is C24H26FN3O. The molecule has 0 saturated carbocycles. The van der Waals surface area contributed by atoms with Crippen molar-refractivity contribution >= 4 is 12.0 Å². The van der Waals surface area contributed by atoms with Crippen molar-refractivity contribution in [2.24, 2.45) is 7.05 Å². The molecule has 1 unspecified atom stereocenters. The maximum atomic E-state index is 13.7. The number of carbonyl (C=O) groups excluding carboxylic acids is 1. The Morgan fingerprint density at radius 3 is 2.48 bits per heavy atom. The van der Waals surface area contributed by atoms with Crippen LogP contribution < -0.4 is 5.32 Å². The van der Waals surface area contributed by atoms with E-state index in [1.807, 2.05) is 23.7 Å². The molecule has 5 heteroatoms. The van der Waals surface area contributed by atoms with Crippen molar-refractivity contribution in [3.63, 3.8) is 0 Å². The van der Waals surface area contributed by atoms with Crippen LogP contribution in [0, 0.1) is 5.82 Å². The summed E-state index contributed by atoms with van der Waals surface area (Å²) in [6, 6.07) is 13.8. The van der Waals surface area contributed by atoms with E-state index < -0.39 is 6.04 Å². The molecule has 0 bridgehead atoms. The zero-order valence-electron chi connectivity index (χ0n) is 17.2. The first-order valence-electron chi connectivity index (χ1n) is 9.56. The number of amides is 1. The number of imidazole rings is 1. The fourth-order valence-electron chi connectivity index (χ4n) is 3.09. The van der Waals surface area contributed by atoms with Crippen molar-refractivity contribution in [3.8, 4) is 0 Å². The van der Waals surface area contributed by atoms with Crippen molar-refractivity contribution in [2.75, 3.05) is 0 Å². The predicted octanol–water partition coefficient (Wildman–Crippen LogP) is 4.78. The summed E-state index contributed by atoms with van der Waals surface area (Å²) in [6.45, 7) is 6.49. The first-order chi connectivity index (χ1) is 13.7. The molecule has 0 saturated heterocycles. The number of nitrogens with zero attached hydrogens (tertiary/aromatic N) is 2. The normalized spacial score (nSPS) is 12.9. The maximum absolute atomic E-state index is 13.7. The Kier molecular flexibility index (Phi) is 5.97. The van der Waals surface area contributed by atoms with Gasteiger partial charge in [0.15, 0.2) is 0 Å². The van der Waals surface area contributed by atoms with E-state index in [0.29, 0.717) is 11.4 Å². The van der Waals surface area contributed by atoms with Crippen LogP contribution in [-0.4, -0.2) is 15.5 Å². The number of aryl methyl sites for hydroxylation is 1. The van der Waals surface area contributed by atoms with Gasteiger partial charge in [-0.25, -0.2) is 9.37 Å². The zero-order chi connectivity index (χ0) is 21.0. The van der Waals surface area contributed by atoms with Gasteiger partial charge in [0.05, 0.1) is 0 Å². The second kappa shape index (κ2) is 8.43. The summed E-state index contributed by atoms with van der Waals surface area (Å²) in [5, 5.41) is 2.93. The van der Waals surface area contributed by atoms with Crippen LogP contribution in [0.2, 0.25) is 0 Å². The van der Waals surface area contributed by atoms with Crippen molar-refractivity contribution in [3.05, 3.63) is 95.3 Å². The molecular weight excluding hydrogens is 365 g/mol. The van der Waals surface area contributed by atoms with Gasteiger partial charge < -0.3 is 9.88 Å².